The van der Waals surface area contributed by atoms with Crippen LogP contribution in [-0.4, -0.2) is 28.7 Å². The maximum Gasteiger partial charge on any atom is 0.410 e. The van der Waals surface area contributed by atoms with Crippen LogP contribution in [-0.2, 0) is 24.3 Å². The number of ether oxygens (including phenoxy) is 1. The molecule has 1 amide bonds. The van der Waals surface area contributed by atoms with E-state index in [0.717, 1.165) is 22.6 Å². The quantitative estimate of drug-likeness (QED) is 0.917. The number of carbonyl (C=O) groups excluding carboxylic acids is 1. The first-order valence-electron chi connectivity index (χ1n) is 7.28. The summed E-state index contributed by atoms with van der Waals surface area (Å²) in [5.74, 6) is 0.767. The number of hydrogen-bond acceptors (Lipinski definition) is 5. The molecular formula is C16H19N3O3. The van der Waals surface area contributed by atoms with Crippen LogP contribution in [0.15, 0.2) is 34.9 Å². The van der Waals surface area contributed by atoms with E-state index >= 15 is 0 Å². The third kappa shape index (κ3) is 3.12. The summed E-state index contributed by atoms with van der Waals surface area (Å²) in [6.07, 6.45) is 0.214. The molecule has 1 aliphatic heterocycles. The number of aryl methyl sites for hydroxylation is 1. The molecule has 0 spiro atoms. The van der Waals surface area contributed by atoms with Crippen LogP contribution in [0.1, 0.15) is 22.6 Å². The standard InChI is InChI=1S/C16H19N3O3/c1-11-14-9-19(8-13(17)7-15(14)22-18-11)16(20)21-10-12-5-3-2-4-6-12/h2-6,13H,7-10,17H2,1H3/t13-/m0/s1. The molecule has 0 bridgehead atoms. The molecule has 1 atom stereocenters. The van der Waals surface area contributed by atoms with Crippen molar-refractivity contribution < 1.29 is 14.1 Å². The van der Waals surface area contributed by atoms with Gasteiger partial charge in [-0.2, -0.15) is 0 Å². The van der Waals surface area contributed by atoms with Crippen LogP contribution in [0.3, 0.4) is 0 Å². The molecule has 22 heavy (non-hydrogen) atoms. The Bertz CT molecular complexity index is 654. The minimum atomic E-state index is -0.368. The van der Waals surface area contributed by atoms with E-state index in [4.69, 9.17) is 15.0 Å². The van der Waals surface area contributed by atoms with Crippen molar-refractivity contribution in [2.75, 3.05) is 6.54 Å². The van der Waals surface area contributed by atoms with E-state index in [1.165, 1.54) is 0 Å². The van der Waals surface area contributed by atoms with Crippen LogP contribution >= 0.6 is 0 Å². The van der Waals surface area contributed by atoms with Crippen molar-refractivity contribution in [2.24, 2.45) is 5.73 Å². The summed E-state index contributed by atoms with van der Waals surface area (Å²) in [4.78, 5) is 13.9. The van der Waals surface area contributed by atoms with Crippen molar-refractivity contribution in [3.63, 3.8) is 0 Å². The Balaban J connectivity index is 1.68. The topological polar surface area (TPSA) is 81.6 Å². The smallest absolute Gasteiger partial charge is 0.410 e. The molecule has 1 aromatic heterocycles. The molecule has 0 saturated carbocycles. The Kier molecular flexibility index (Phi) is 4.11. The largest absolute Gasteiger partial charge is 0.445 e. The highest BCUT2D eigenvalue weighted by atomic mass is 16.6. The van der Waals surface area contributed by atoms with Crippen LogP contribution in [0.25, 0.3) is 0 Å². The zero-order chi connectivity index (χ0) is 15.5. The summed E-state index contributed by atoms with van der Waals surface area (Å²) in [5.41, 5.74) is 8.74. The van der Waals surface area contributed by atoms with Gasteiger partial charge >= 0.3 is 6.09 Å². The molecule has 2 heterocycles. The minimum absolute atomic E-state index is 0.183. The third-order valence-electron chi connectivity index (χ3n) is 3.78. The lowest BCUT2D eigenvalue weighted by Gasteiger charge is -2.22. The number of aromatic nitrogens is 1. The summed E-state index contributed by atoms with van der Waals surface area (Å²) in [6, 6.07) is 9.41. The van der Waals surface area contributed by atoms with Gasteiger partial charge in [-0.05, 0) is 12.5 Å². The predicted molar refractivity (Wildman–Crippen MR) is 80.0 cm³/mol. The average Bonchev–Trinajstić information content (AvgIpc) is 2.76. The Labute approximate surface area is 128 Å². The van der Waals surface area contributed by atoms with E-state index < -0.39 is 0 Å². The predicted octanol–water partition coefficient (Wildman–Crippen LogP) is 2.01. The Hall–Kier alpha value is -2.34. The fourth-order valence-electron chi connectivity index (χ4n) is 2.59. The SMILES string of the molecule is Cc1noc2c1CN(C(=O)OCc1ccccc1)C[C@@H](N)C2. The van der Waals surface area contributed by atoms with Gasteiger partial charge in [0.1, 0.15) is 12.4 Å². The fourth-order valence-corrected chi connectivity index (χ4v) is 2.59. The summed E-state index contributed by atoms with van der Waals surface area (Å²) < 4.78 is 10.7. The first-order valence-corrected chi connectivity index (χ1v) is 7.28. The summed E-state index contributed by atoms with van der Waals surface area (Å²) >= 11 is 0. The van der Waals surface area contributed by atoms with Gasteiger partial charge in [-0.15, -0.1) is 0 Å². The maximum atomic E-state index is 12.3. The molecule has 2 N–H and O–H groups in total. The zero-order valence-electron chi connectivity index (χ0n) is 12.5. The molecule has 6 nitrogen and oxygen atoms in total. The van der Waals surface area contributed by atoms with Crippen LogP contribution in [0.2, 0.25) is 0 Å². The first-order chi connectivity index (χ1) is 10.6. The lowest BCUT2D eigenvalue weighted by atomic mass is 10.1. The Morgan fingerprint density at radius 3 is 3.00 bits per heavy atom. The van der Waals surface area contributed by atoms with Gasteiger partial charge in [-0.3, -0.25) is 0 Å². The normalized spacial score (nSPS) is 17.7. The molecule has 1 aliphatic rings. The summed E-state index contributed by atoms with van der Waals surface area (Å²) in [7, 11) is 0. The fraction of sp³-hybridized carbons (Fsp3) is 0.375. The molecule has 0 unspecified atom stereocenters. The molecule has 6 heteroatoms. The number of fused-ring (bicyclic) bond motifs is 1. The molecule has 1 aromatic carbocycles. The van der Waals surface area contributed by atoms with Crippen molar-refractivity contribution in [3.8, 4) is 0 Å². The summed E-state index contributed by atoms with van der Waals surface area (Å²) in [6.45, 7) is 2.98. The summed E-state index contributed by atoms with van der Waals surface area (Å²) in [5, 5.41) is 3.95. The first kappa shape index (κ1) is 14.6. The maximum absolute atomic E-state index is 12.3. The van der Waals surface area contributed by atoms with Crippen LogP contribution in [0.4, 0.5) is 4.79 Å². The van der Waals surface area contributed by atoms with Crippen molar-refractivity contribution >= 4 is 6.09 Å². The van der Waals surface area contributed by atoms with E-state index in [1.807, 2.05) is 37.3 Å². The van der Waals surface area contributed by atoms with Crippen molar-refractivity contribution in [3.05, 3.63) is 52.9 Å². The number of rotatable bonds is 2. The van der Waals surface area contributed by atoms with E-state index in [-0.39, 0.29) is 18.7 Å². The number of carbonyl (C=O) groups is 1. The second-order valence-corrected chi connectivity index (χ2v) is 5.55. The molecule has 116 valence electrons. The monoisotopic (exact) mass is 301 g/mol. The van der Waals surface area contributed by atoms with Gasteiger partial charge in [-0.1, -0.05) is 35.5 Å². The van der Waals surface area contributed by atoms with Crippen LogP contribution in [0.5, 0.6) is 0 Å². The van der Waals surface area contributed by atoms with Gasteiger partial charge in [0, 0.05) is 24.6 Å². The zero-order valence-corrected chi connectivity index (χ0v) is 12.5. The number of nitrogens with zero attached hydrogens (tertiary/aromatic N) is 2. The molecular weight excluding hydrogens is 282 g/mol. The number of hydrogen-bond donors (Lipinski definition) is 1. The van der Waals surface area contributed by atoms with Crippen molar-refractivity contribution in [1.29, 1.82) is 0 Å². The minimum Gasteiger partial charge on any atom is -0.445 e. The van der Waals surface area contributed by atoms with Crippen LogP contribution < -0.4 is 5.73 Å². The molecule has 0 radical (unpaired) electrons. The van der Waals surface area contributed by atoms with Gasteiger partial charge in [0.2, 0.25) is 0 Å². The highest BCUT2D eigenvalue weighted by Gasteiger charge is 2.28. The van der Waals surface area contributed by atoms with E-state index in [0.29, 0.717) is 19.5 Å². The van der Waals surface area contributed by atoms with E-state index in [2.05, 4.69) is 5.16 Å². The number of benzene rings is 1. The highest BCUT2D eigenvalue weighted by Crippen LogP contribution is 2.22. The lowest BCUT2D eigenvalue weighted by molar-refractivity contribution is 0.0924. The Morgan fingerprint density at radius 2 is 2.23 bits per heavy atom. The molecule has 3 rings (SSSR count). The Morgan fingerprint density at radius 1 is 1.45 bits per heavy atom. The van der Waals surface area contributed by atoms with Gasteiger partial charge < -0.3 is 19.9 Å². The van der Waals surface area contributed by atoms with Gasteiger partial charge in [0.15, 0.2) is 0 Å². The van der Waals surface area contributed by atoms with E-state index in [9.17, 15) is 4.79 Å². The van der Waals surface area contributed by atoms with Gasteiger partial charge in [0.05, 0.1) is 12.2 Å². The number of nitrogens with two attached hydrogens (primary N) is 1. The average molecular weight is 301 g/mol. The molecule has 0 aliphatic carbocycles. The second kappa shape index (κ2) is 6.19. The highest BCUT2D eigenvalue weighted by molar-refractivity contribution is 5.68. The van der Waals surface area contributed by atoms with Gasteiger partial charge in [0.25, 0.3) is 0 Å². The lowest BCUT2D eigenvalue weighted by Crippen LogP contribution is -2.40. The number of amides is 1. The van der Waals surface area contributed by atoms with Gasteiger partial charge in [-0.25, -0.2) is 4.79 Å². The third-order valence-corrected chi connectivity index (χ3v) is 3.78. The molecule has 2 aromatic rings. The van der Waals surface area contributed by atoms with E-state index in [1.54, 1.807) is 4.90 Å². The molecule has 0 fully saturated rings. The van der Waals surface area contributed by atoms with Crippen molar-refractivity contribution in [2.45, 2.75) is 32.5 Å². The second-order valence-electron chi connectivity index (χ2n) is 5.55. The van der Waals surface area contributed by atoms with Crippen molar-refractivity contribution in [1.82, 2.24) is 10.1 Å². The van der Waals surface area contributed by atoms with Crippen LogP contribution in [0, 0.1) is 6.92 Å². The molecule has 0 saturated heterocycles.